The molecule has 0 aliphatic carbocycles. The molecule has 0 atom stereocenters. The molecule has 2 aromatic rings. The maximum absolute atomic E-state index is 4.40. The van der Waals surface area contributed by atoms with Crippen LogP contribution in [0.15, 0.2) is 24.4 Å². The fraction of sp³-hybridized carbons (Fsp3) is 0.333. The van der Waals surface area contributed by atoms with Gasteiger partial charge in [-0.3, -0.25) is 4.98 Å². The standard InChI is InChI=1S/C15H18N.Ti/c1-10-11(2)13(4)15(12(10)3)9-14-7-5-6-8-16-14;/h5-8H,9H2,1-4H3;/q-1;. The Labute approximate surface area is 119 Å². The maximum Gasteiger partial charge on any atom is 0.0332 e. The number of aromatic nitrogens is 1. The Bertz CT molecular complexity index is 472. The first-order valence-corrected chi connectivity index (χ1v) is 5.73. The van der Waals surface area contributed by atoms with E-state index in [-0.39, 0.29) is 21.7 Å². The summed E-state index contributed by atoms with van der Waals surface area (Å²) in [5, 5.41) is 0. The van der Waals surface area contributed by atoms with Crippen molar-refractivity contribution in [2.24, 2.45) is 0 Å². The summed E-state index contributed by atoms with van der Waals surface area (Å²) in [4.78, 5) is 4.40. The third-order valence-electron chi connectivity index (χ3n) is 3.68. The fourth-order valence-corrected chi connectivity index (χ4v) is 2.25. The van der Waals surface area contributed by atoms with Crippen molar-refractivity contribution < 1.29 is 21.7 Å². The Morgan fingerprint density at radius 1 is 1.00 bits per heavy atom. The molecule has 17 heavy (non-hydrogen) atoms. The van der Waals surface area contributed by atoms with Gasteiger partial charge in [0.05, 0.1) is 0 Å². The third kappa shape index (κ3) is 2.73. The zero-order chi connectivity index (χ0) is 11.7. The van der Waals surface area contributed by atoms with Crippen LogP contribution in [0.2, 0.25) is 0 Å². The fourth-order valence-electron chi connectivity index (χ4n) is 2.25. The van der Waals surface area contributed by atoms with Crippen molar-refractivity contribution in [3.63, 3.8) is 0 Å². The van der Waals surface area contributed by atoms with Crippen LogP contribution in [0.3, 0.4) is 0 Å². The molecule has 2 heteroatoms. The van der Waals surface area contributed by atoms with Crippen molar-refractivity contribution in [1.29, 1.82) is 0 Å². The van der Waals surface area contributed by atoms with Gasteiger partial charge in [-0.1, -0.05) is 33.8 Å². The van der Waals surface area contributed by atoms with Gasteiger partial charge in [-0.05, 0) is 18.6 Å². The van der Waals surface area contributed by atoms with Crippen molar-refractivity contribution in [2.75, 3.05) is 0 Å². The van der Waals surface area contributed by atoms with Crippen LogP contribution in [0.4, 0.5) is 0 Å². The maximum atomic E-state index is 4.40. The van der Waals surface area contributed by atoms with E-state index in [1.54, 1.807) is 0 Å². The number of rotatable bonds is 2. The average Bonchev–Trinajstić information content (AvgIpc) is 2.48. The predicted octanol–water partition coefficient (Wildman–Crippen LogP) is 3.62. The molecule has 1 aromatic heterocycles. The van der Waals surface area contributed by atoms with Gasteiger partial charge < -0.3 is 0 Å². The molecule has 0 saturated heterocycles. The monoisotopic (exact) mass is 260 g/mol. The minimum atomic E-state index is 0. The molecule has 2 rings (SSSR count). The topological polar surface area (TPSA) is 12.9 Å². The molecule has 0 bridgehead atoms. The second-order valence-electron chi connectivity index (χ2n) is 4.48. The first kappa shape index (κ1) is 14.3. The van der Waals surface area contributed by atoms with Crippen LogP contribution in [0.5, 0.6) is 0 Å². The van der Waals surface area contributed by atoms with E-state index >= 15 is 0 Å². The van der Waals surface area contributed by atoms with Crippen molar-refractivity contribution in [3.05, 3.63) is 57.9 Å². The number of pyridine rings is 1. The van der Waals surface area contributed by atoms with E-state index in [4.69, 9.17) is 0 Å². The molecule has 1 nitrogen and oxygen atoms in total. The SMILES string of the molecule is Cc1c(C)c(C)[c-](Cc2ccccn2)c1C.[Ti]. The molecule has 88 valence electrons. The molecule has 0 fully saturated rings. The average molecular weight is 260 g/mol. The Hall–Kier alpha value is -0.786. The minimum absolute atomic E-state index is 0. The van der Waals surface area contributed by atoms with Gasteiger partial charge in [-0.2, -0.15) is 22.3 Å². The summed E-state index contributed by atoms with van der Waals surface area (Å²) < 4.78 is 0. The largest absolute Gasteiger partial charge is 0.262 e. The van der Waals surface area contributed by atoms with Crippen LogP contribution in [0.25, 0.3) is 0 Å². The number of hydrogen-bond acceptors (Lipinski definition) is 1. The normalized spacial score (nSPS) is 10.1. The molecule has 0 aliphatic rings. The van der Waals surface area contributed by atoms with Crippen LogP contribution in [-0.4, -0.2) is 4.98 Å². The smallest absolute Gasteiger partial charge is 0.0332 e. The number of hydrogen-bond donors (Lipinski definition) is 0. The summed E-state index contributed by atoms with van der Waals surface area (Å²) in [7, 11) is 0. The number of nitrogens with zero attached hydrogens (tertiary/aromatic N) is 1. The van der Waals surface area contributed by atoms with Crippen molar-refractivity contribution in [1.82, 2.24) is 4.98 Å². The second-order valence-corrected chi connectivity index (χ2v) is 4.48. The van der Waals surface area contributed by atoms with E-state index in [0.29, 0.717) is 0 Å². The van der Waals surface area contributed by atoms with E-state index in [0.717, 1.165) is 12.1 Å². The van der Waals surface area contributed by atoms with Crippen LogP contribution in [-0.2, 0) is 28.1 Å². The Morgan fingerprint density at radius 2 is 1.59 bits per heavy atom. The summed E-state index contributed by atoms with van der Waals surface area (Å²) in [6.07, 6.45) is 2.82. The molecule has 0 unspecified atom stereocenters. The summed E-state index contributed by atoms with van der Waals surface area (Å²) >= 11 is 0. The Morgan fingerprint density at radius 3 is 2.06 bits per heavy atom. The molecular formula is C15H18NTi-. The Balaban J connectivity index is 0.00000144. The summed E-state index contributed by atoms with van der Waals surface area (Å²) in [6.45, 7) is 8.85. The molecule has 0 N–H and O–H groups in total. The van der Waals surface area contributed by atoms with Crippen molar-refractivity contribution in [3.8, 4) is 0 Å². The molecule has 0 aliphatic heterocycles. The van der Waals surface area contributed by atoms with Crippen LogP contribution in [0, 0.1) is 27.7 Å². The van der Waals surface area contributed by atoms with Gasteiger partial charge >= 0.3 is 0 Å². The first-order chi connectivity index (χ1) is 7.61. The van der Waals surface area contributed by atoms with Gasteiger partial charge in [-0.25, -0.2) is 0 Å². The van der Waals surface area contributed by atoms with Crippen molar-refractivity contribution in [2.45, 2.75) is 34.1 Å². The van der Waals surface area contributed by atoms with E-state index < -0.39 is 0 Å². The van der Waals surface area contributed by atoms with E-state index in [1.807, 2.05) is 12.3 Å². The van der Waals surface area contributed by atoms with Gasteiger partial charge in [0.15, 0.2) is 0 Å². The van der Waals surface area contributed by atoms with E-state index in [2.05, 4.69) is 44.8 Å². The molecule has 1 heterocycles. The zero-order valence-corrected chi connectivity index (χ0v) is 12.5. The van der Waals surface area contributed by atoms with E-state index in [1.165, 1.54) is 27.8 Å². The van der Waals surface area contributed by atoms with Gasteiger partial charge in [-0.15, -0.1) is 5.56 Å². The predicted molar refractivity (Wildman–Crippen MR) is 68.0 cm³/mol. The molecule has 0 spiro atoms. The summed E-state index contributed by atoms with van der Waals surface area (Å²) in [6, 6.07) is 6.11. The molecule has 0 radical (unpaired) electrons. The van der Waals surface area contributed by atoms with Gasteiger partial charge in [0.25, 0.3) is 0 Å². The molecular weight excluding hydrogens is 242 g/mol. The first-order valence-electron chi connectivity index (χ1n) is 5.73. The van der Waals surface area contributed by atoms with Gasteiger partial charge in [0, 0.05) is 33.6 Å². The summed E-state index contributed by atoms with van der Waals surface area (Å²) in [5.41, 5.74) is 8.33. The van der Waals surface area contributed by atoms with E-state index in [9.17, 15) is 0 Å². The van der Waals surface area contributed by atoms with Gasteiger partial charge in [0.1, 0.15) is 0 Å². The summed E-state index contributed by atoms with van der Waals surface area (Å²) in [5.74, 6) is 0. The van der Waals surface area contributed by atoms with Crippen LogP contribution < -0.4 is 0 Å². The second kappa shape index (κ2) is 5.70. The quantitative estimate of drug-likeness (QED) is 0.593. The van der Waals surface area contributed by atoms with Crippen molar-refractivity contribution >= 4 is 0 Å². The molecule has 1 aromatic carbocycles. The molecule has 0 saturated carbocycles. The van der Waals surface area contributed by atoms with Crippen LogP contribution >= 0.6 is 0 Å². The zero-order valence-electron chi connectivity index (χ0n) is 11.0. The third-order valence-corrected chi connectivity index (χ3v) is 3.68. The Kier molecular flexibility index (Phi) is 4.79. The van der Waals surface area contributed by atoms with Gasteiger partial charge in [0.2, 0.25) is 0 Å². The minimum Gasteiger partial charge on any atom is -0.262 e. The molecule has 0 amide bonds. The van der Waals surface area contributed by atoms with Crippen LogP contribution in [0.1, 0.15) is 33.5 Å².